The second-order valence-electron chi connectivity index (χ2n) is 7.66. The van der Waals surface area contributed by atoms with E-state index < -0.39 is 17.5 Å². The van der Waals surface area contributed by atoms with Crippen LogP contribution in [-0.2, 0) is 22.4 Å². The number of carboxylic acid groups (broad SMARTS) is 1. The predicted octanol–water partition coefficient (Wildman–Crippen LogP) is 2.83. The van der Waals surface area contributed by atoms with Crippen LogP contribution >= 0.6 is 0 Å². The van der Waals surface area contributed by atoms with E-state index in [9.17, 15) is 19.8 Å². The average Bonchev–Trinajstić information content (AvgIpc) is 2.69. The fourth-order valence-corrected chi connectivity index (χ4v) is 3.98. The summed E-state index contributed by atoms with van der Waals surface area (Å²) in [5.41, 5.74) is 1.91. The van der Waals surface area contributed by atoms with Gasteiger partial charge in [0.15, 0.2) is 0 Å². The van der Waals surface area contributed by atoms with Crippen molar-refractivity contribution in [2.75, 3.05) is 13.1 Å². The highest BCUT2D eigenvalue weighted by molar-refractivity contribution is 5.79. The molecule has 2 aromatic rings. The maximum Gasteiger partial charge on any atom is 0.312 e. The third kappa shape index (κ3) is 4.25. The van der Waals surface area contributed by atoms with E-state index in [-0.39, 0.29) is 25.3 Å². The number of rotatable bonds is 6. The molecule has 2 N–H and O–H groups in total. The summed E-state index contributed by atoms with van der Waals surface area (Å²) in [5, 5.41) is 20.6. The van der Waals surface area contributed by atoms with Gasteiger partial charge in [-0.25, -0.2) is 0 Å². The maximum atomic E-state index is 12.6. The Kier molecular flexibility index (Phi) is 6.15. The number of aliphatic hydroxyl groups is 1. The number of carbonyl (C=O) groups excluding carboxylic acids is 1. The molecule has 0 aromatic heterocycles. The highest BCUT2D eigenvalue weighted by Crippen LogP contribution is 2.36. The third-order valence-electron chi connectivity index (χ3n) is 5.87. The van der Waals surface area contributed by atoms with Crippen molar-refractivity contribution in [2.45, 2.75) is 38.7 Å². The molecule has 0 unspecified atom stereocenters. The Morgan fingerprint density at radius 1 is 1.11 bits per heavy atom. The molecule has 1 aliphatic rings. The molecule has 2 atom stereocenters. The van der Waals surface area contributed by atoms with Crippen molar-refractivity contribution in [2.24, 2.45) is 5.41 Å². The Balaban J connectivity index is 1.65. The Hall–Kier alpha value is -2.66. The van der Waals surface area contributed by atoms with Crippen LogP contribution in [0.4, 0.5) is 0 Å². The predicted molar refractivity (Wildman–Crippen MR) is 107 cm³/mol. The number of aliphatic hydroxyl groups excluding tert-OH is 1. The van der Waals surface area contributed by atoms with Gasteiger partial charge >= 0.3 is 5.97 Å². The summed E-state index contributed by atoms with van der Waals surface area (Å²) in [4.78, 5) is 26.3. The molecule has 5 heteroatoms. The number of β-amino-alcohol motifs (C(OH)–C–C–N with tert-alkyl or cyclic N) is 1. The van der Waals surface area contributed by atoms with Crippen LogP contribution in [0.15, 0.2) is 54.6 Å². The standard InChI is InChI=1S/C23H27NO4/c1-17-7-5-6-10-19(17)11-12-21(26)24-14-13-23(22(27)28,20(25)16-24)15-18-8-3-2-4-9-18/h2-10,20,25H,11-16H2,1H3,(H,27,28)/t20-,23-/m1/s1. The fraction of sp³-hybridized carbons (Fsp3) is 0.391. The Morgan fingerprint density at radius 3 is 2.43 bits per heavy atom. The van der Waals surface area contributed by atoms with E-state index in [1.807, 2.05) is 61.5 Å². The van der Waals surface area contributed by atoms with Crippen LogP contribution in [0.1, 0.15) is 29.5 Å². The summed E-state index contributed by atoms with van der Waals surface area (Å²) in [6.45, 7) is 2.43. The van der Waals surface area contributed by atoms with Gasteiger partial charge < -0.3 is 15.1 Å². The summed E-state index contributed by atoms with van der Waals surface area (Å²) < 4.78 is 0. The molecule has 148 valence electrons. The smallest absolute Gasteiger partial charge is 0.312 e. The average molecular weight is 381 g/mol. The first-order chi connectivity index (χ1) is 13.4. The van der Waals surface area contributed by atoms with Crippen molar-refractivity contribution in [3.05, 3.63) is 71.3 Å². The molecule has 0 bridgehead atoms. The zero-order chi connectivity index (χ0) is 20.1. The Bertz CT molecular complexity index is 836. The van der Waals surface area contributed by atoms with Gasteiger partial charge in [0.25, 0.3) is 0 Å². The number of likely N-dealkylation sites (tertiary alicyclic amines) is 1. The van der Waals surface area contributed by atoms with Gasteiger partial charge in [-0.05, 0) is 42.9 Å². The number of piperidine rings is 1. The zero-order valence-electron chi connectivity index (χ0n) is 16.2. The van der Waals surface area contributed by atoms with E-state index in [4.69, 9.17) is 0 Å². The van der Waals surface area contributed by atoms with Crippen molar-refractivity contribution in [3.63, 3.8) is 0 Å². The van der Waals surface area contributed by atoms with E-state index >= 15 is 0 Å². The minimum Gasteiger partial charge on any atom is -0.481 e. The SMILES string of the molecule is Cc1ccccc1CCC(=O)N1CC[C@](Cc2ccccc2)(C(=O)O)[C@H](O)C1. The van der Waals surface area contributed by atoms with E-state index in [1.165, 1.54) is 0 Å². The summed E-state index contributed by atoms with van der Waals surface area (Å²) in [7, 11) is 0. The summed E-state index contributed by atoms with van der Waals surface area (Å²) in [6, 6.07) is 17.3. The van der Waals surface area contributed by atoms with Gasteiger partial charge in [-0.15, -0.1) is 0 Å². The van der Waals surface area contributed by atoms with Crippen molar-refractivity contribution in [1.29, 1.82) is 0 Å². The number of amides is 1. The number of hydrogen-bond acceptors (Lipinski definition) is 3. The van der Waals surface area contributed by atoms with Gasteiger partial charge in [-0.1, -0.05) is 54.6 Å². The maximum absolute atomic E-state index is 12.6. The van der Waals surface area contributed by atoms with Gasteiger partial charge in [0.05, 0.1) is 6.10 Å². The highest BCUT2D eigenvalue weighted by Gasteiger charge is 2.49. The molecule has 1 saturated heterocycles. The molecular weight excluding hydrogens is 354 g/mol. The van der Waals surface area contributed by atoms with Crippen LogP contribution in [0.5, 0.6) is 0 Å². The van der Waals surface area contributed by atoms with Crippen LogP contribution in [-0.4, -0.2) is 46.2 Å². The molecule has 5 nitrogen and oxygen atoms in total. The lowest BCUT2D eigenvalue weighted by atomic mass is 9.71. The molecule has 0 aliphatic carbocycles. The molecular formula is C23H27NO4. The third-order valence-corrected chi connectivity index (χ3v) is 5.87. The minimum absolute atomic E-state index is 0.0407. The zero-order valence-corrected chi connectivity index (χ0v) is 16.2. The largest absolute Gasteiger partial charge is 0.481 e. The van der Waals surface area contributed by atoms with Gasteiger partial charge in [-0.2, -0.15) is 0 Å². The molecule has 0 radical (unpaired) electrons. The molecule has 1 fully saturated rings. The second kappa shape index (κ2) is 8.57. The van der Waals surface area contributed by atoms with Crippen molar-refractivity contribution in [1.82, 2.24) is 4.90 Å². The van der Waals surface area contributed by atoms with Gasteiger partial charge in [0, 0.05) is 19.5 Å². The molecule has 1 aliphatic heterocycles. The van der Waals surface area contributed by atoms with Gasteiger partial charge in [0.1, 0.15) is 5.41 Å². The lowest BCUT2D eigenvalue weighted by Gasteiger charge is -2.43. The Labute approximate surface area is 165 Å². The number of carbonyl (C=O) groups is 2. The fourth-order valence-electron chi connectivity index (χ4n) is 3.98. The lowest BCUT2D eigenvalue weighted by molar-refractivity contribution is -0.166. The second-order valence-corrected chi connectivity index (χ2v) is 7.66. The van der Waals surface area contributed by atoms with Gasteiger partial charge in [0.2, 0.25) is 5.91 Å². The monoisotopic (exact) mass is 381 g/mol. The number of nitrogens with zero attached hydrogens (tertiary/aromatic N) is 1. The minimum atomic E-state index is -1.26. The first kappa shape index (κ1) is 20.1. The summed E-state index contributed by atoms with van der Waals surface area (Å²) >= 11 is 0. The quantitative estimate of drug-likeness (QED) is 0.807. The lowest BCUT2D eigenvalue weighted by Crippen LogP contribution is -2.57. The van der Waals surface area contributed by atoms with Crippen molar-refractivity contribution < 1.29 is 19.8 Å². The van der Waals surface area contributed by atoms with Crippen LogP contribution in [0.3, 0.4) is 0 Å². The molecule has 3 rings (SSSR count). The first-order valence-corrected chi connectivity index (χ1v) is 9.70. The number of aliphatic carboxylic acids is 1. The number of hydrogen-bond donors (Lipinski definition) is 2. The number of carboxylic acids is 1. The first-order valence-electron chi connectivity index (χ1n) is 9.70. The highest BCUT2D eigenvalue weighted by atomic mass is 16.4. The van der Waals surface area contributed by atoms with Crippen LogP contribution in [0, 0.1) is 12.3 Å². The van der Waals surface area contributed by atoms with E-state index in [0.29, 0.717) is 19.4 Å². The number of benzene rings is 2. The van der Waals surface area contributed by atoms with E-state index in [1.54, 1.807) is 4.90 Å². The van der Waals surface area contributed by atoms with E-state index in [0.717, 1.165) is 16.7 Å². The summed E-state index contributed by atoms with van der Waals surface area (Å²) in [5.74, 6) is -1.04. The van der Waals surface area contributed by atoms with Crippen LogP contribution in [0.2, 0.25) is 0 Å². The van der Waals surface area contributed by atoms with Crippen LogP contribution in [0.25, 0.3) is 0 Å². The summed E-state index contributed by atoms with van der Waals surface area (Å²) in [6.07, 6.45) is 0.411. The van der Waals surface area contributed by atoms with Gasteiger partial charge in [-0.3, -0.25) is 9.59 Å². The molecule has 1 heterocycles. The number of aryl methyl sites for hydroxylation is 2. The van der Waals surface area contributed by atoms with Crippen LogP contribution < -0.4 is 0 Å². The molecule has 28 heavy (non-hydrogen) atoms. The van der Waals surface area contributed by atoms with Crippen molar-refractivity contribution >= 4 is 11.9 Å². The van der Waals surface area contributed by atoms with E-state index in [2.05, 4.69) is 0 Å². The molecule has 0 spiro atoms. The van der Waals surface area contributed by atoms with Crippen molar-refractivity contribution in [3.8, 4) is 0 Å². The normalized spacial score (nSPS) is 22.1. The molecule has 0 saturated carbocycles. The molecule has 1 amide bonds. The Morgan fingerprint density at radius 2 is 1.79 bits per heavy atom. The molecule has 2 aromatic carbocycles. The topological polar surface area (TPSA) is 77.8 Å².